The number of alkyl halides is 3. The predicted molar refractivity (Wildman–Crippen MR) is 106 cm³/mol. The highest BCUT2D eigenvalue weighted by molar-refractivity contribution is 7.84. The van der Waals surface area contributed by atoms with Gasteiger partial charge in [0, 0.05) is 28.1 Å². The second-order valence-electron chi connectivity index (χ2n) is 6.54. The molecule has 2 aromatic carbocycles. The van der Waals surface area contributed by atoms with Gasteiger partial charge in [0.2, 0.25) is 0 Å². The molecular weight excluding hydrogens is 437 g/mol. The maximum Gasteiger partial charge on any atom is 0.416 e. The fourth-order valence-electron chi connectivity index (χ4n) is 2.90. The van der Waals surface area contributed by atoms with Gasteiger partial charge in [0.25, 0.3) is 5.56 Å². The monoisotopic (exact) mass is 452 g/mol. The van der Waals surface area contributed by atoms with Crippen LogP contribution in [0.1, 0.15) is 21.5 Å². The Morgan fingerprint density at radius 1 is 1.10 bits per heavy atom. The van der Waals surface area contributed by atoms with Gasteiger partial charge in [0.1, 0.15) is 5.56 Å². The van der Waals surface area contributed by atoms with E-state index in [2.05, 4.69) is 0 Å². The van der Waals surface area contributed by atoms with Gasteiger partial charge < -0.3 is 5.11 Å². The molecule has 0 amide bonds. The number of aromatic carboxylic acids is 1. The summed E-state index contributed by atoms with van der Waals surface area (Å²) in [7, 11) is -1.28. The normalized spacial score (nSPS) is 12.5. The van der Waals surface area contributed by atoms with Gasteiger partial charge in [-0.1, -0.05) is 12.1 Å². The molecule has 0 bridgehead atoms. The van der Waals surface area contributed by atoms with Crippen LogP contribution in [0.3, 0.4) is 0 Å². The molecule has 3 rings (SSSR count). The molecular formula is C20H15F3N2O5S. The minimum absolute atomic E-state index is 0.000147. The molecule has 0 aliphatic carbocycles. The number of carboxylic acids is 1. The molecule has 0 aliphatic heterocycles. The van der Waals surface area contributed by atoms with Crippen LogP contribution in [0.4, 0.5) is 13.2 Å². The first-order valence-electron chi connectivity index (χ1n) is 8.69. The van der Waals surface area contributed by atoms with Gasteiger partial charge in [-0.05, 0) is 42.0 Å². The van der Waals surface area contributed by atoms with Crippen molar-refractivity contribution in [3.8, 4) is 5.69 Å². The van der Waals surface area contributed by atoms with Gasteiger partial charge in [-0.2, -0.15) is 13.2 Å². The van der Waals surface area contributed by atoms with Crippen molar-refractivity contribution >= 4 is 16.8 Å². The largest absolute Gasteiger partial charge is 0.477 e. The molecule has 0 radical (unpaired) electrons. The molecule has 11 heteroatoms. The summed E-state index contributed by atoms with van der Waals surface area (Å²) in [5, 5.41) is 9.37. The van der Waals surface area contributed by atoms with Crippen molar-refractivity contribution in [2.75, 3.05) is 6.26 Å². The van der Waals surface area contributed by atoms with Crippen molar-refractivity contribution in [2.24, 2.45) is 0 Å². The SMILES string of the molecule is CS(=O)c1ccc(-n2cc(C(=O)O)c(=O)n(Cc3cccc(C(F)(F)F)c3)c2=O)cc1. The summed E-state index contributed by atoms with van der Waals surface area (Å²) in [6, 6.07) is 9.84. The number of rotatable bonds is 5. The standard InChI is InChI=1S/C20H15F3N2O5S/c1-31(30)15-7-5-14(6-8-15)24-11-16(18(27)28)17(26)25(19(24)29)10-12-3-2-4-13(9-12)20(21,22)23/h2-9,11H,10H2,1H3,(H,27,28). The highest BCUT2D eigenvalue weighted by Gasteiger charge is 2.30. The molecule has 1 unspecified atom stereocenters. The Bertz CT molecular complexity index is 1290. The molecule has 0 saturated heterocycles. The zero-order valence-electron chi connectivity index (χ0n) is 15.9. The van der Waals surface area contributed by atoms with Crippen LogP contribution in [-0.2, 0) is 23.5 Å². The minimum atomic E-state index is -4.62. The van der Waals surface area contributed by atoms with E-state index in [1.165, 1.54) is 36.6 Å². The Balaban J connectivity index is 2.17. The third-order valence-corrected chi connectivity index (χ3v) is 5.38. The lowest BCUT2D eigenvalue weighted by Crippen LogP contribution is -2.42. The van der Waals surface area contributed by atoms with E-state index in [-0.39, 0.29) is 11.3 Å². The molecule has 0 spiro atoms. The third-order valence-electron chi connectivity index (χ3n) is 4.44. The van der Waals surface area contributed by atoms with Crippen molar-refractivity contribution in [3.05, 3.63) is 92.3 Å². The number of carbonyl (C=O) groups is 1. The van der Waals surface area contributed by atoms with Gasteiger partial charge in [-0.15, -0.1) is 0 Å². The summed E-state index contributed by atoms with van der Waals surface area (Å²) in [5.41, 5.74) is -3.57. The second kappa shape index (κ2) is 8.34. The molecule has 31 heavy (non-hydrogen) atoms. The van der Waals surface area contributed by atoms with Gasteiger partial charge >= 0.3 is 17.8 Å². The van der Waals surface area contributed by atoms with Crippen LogP contribution in [0.25, 0.3) is 5.69 Å². The number of carboxylic acid groups (broad SMARTS) is 1. The van der Waals surface area contributed by atoms with E-state index in [1.807, 2.05) is 0 Å². The maximum atomic E-state index is 13.0. The van der Waals surface area contributed by atoms with Gasteiger partial charge in [-0.3, -0.25) is 18.1 Å². The van der Waals surface area contributed by atoms with Gasteiger partial charge in [0.05, 0.1) is 17.8 Å². The van der Waals surface area contributed by atoms with E-state index in [0.29, 0.717) is 9.46 Å². The molecule has 1 aromatic heterocycles. The number of hydrogen-bond donors (Lipinski definition) is 1. The first-order chi connectivity index (χ1) is 14.5. The summed E-state index contributed by atoms with van der Waals surface area (Å²) in [5.74, 6) is -1.59. The van der Waals surface area contributed by atoms with Crippen LogP contribution < -0.4 is 11.2 Å². The summed E-state index contributed by atoms with van der Waals surface area (Å²) < 4.78 is 51.9. The molecule has 3 aromatic rings. The maximum absolute atomic E-state index is 13.0. The number of nitrogens with zero attached hydrogens (tertiary/aromatic N) is 2. The van der Waals surface area contributed by atoms with Crippen LogP contribution in [0.15, 0.2) is 69.2 Å². The summed E-state index contributed by atoms with van der Waals surface area (Å²) in [6.07, 6.45) is -2.31. The van der Waals surface area contributed by atoms with E-state index in [1.54, 1.807) is 0 Å². The van der Waals surface area contributed by atoms with Crippen molar-refractivity contribution in [3.63, 3.8) is 0 Å². The zero-order chi connectivity index (χ0) is 22.9. The summed E-state index contributed by atoms with van der Waals surface area (Å²) in [6.45, 7) is -0.556. The predicted octanol–water partition coefficient (Wildman–Crippen LogP) is 2.50. The molecule has 7 nitrogen and oxygen atoms in total. The Morgan fingerprint density at radius 3 is 2.29 bits per heavy atom. The Kier molecular flexibility index (Phi) is 5.98. The zero-order valence-corrected chi connectivity index (χ0v) is 16.7. The summed E-state index contributed by atoms with van der Waals surface area (Å²) >= 11 is 0. The quantitative estimate of drug-likeness (QED) is 0.642. The average molecular weight is 452 g/mol. The number of benzene rings is 2. The van der Waals surface area contributed by atoms with Gasteiger partial charge in [0.15, 0.2) is 0 Å². The molecule has 0 saturated carbocycles. The molecule has 162 valence electrons. The van der Waals surface area contributed by atoms with E-state index in [0.717, 1.165) is 29.0 Å². The topological polar surface area (TPSA) is 98.4 Å². The average Bonchev–Trinajstić information content (AvgIpc) is 2.70. The van der Waals surface area contributed by atoms with E-state index < -0.39 is 51.9 Å². The third kappa shape index (κ3) is 4.66. The van der Waals surface area contributed by atoms with Crippen molar-refractivity contribution < 1.29 is 27.3 Å². The lowest BCUT2D eigenvalue weighted by Gasteiger charge is -2.13. The van der Waals surface area contributed by atoms with Crippen LogP contribution in [-0.4, -0.2) is 30.7 Å². The first-order valence-corrected chi connectivity index (χ1v) is 10.2. The highest BCUT2D eigenvalue weighted by atomic mass is 32.2. The van der Waals surface area contributed by atoms with E-state index in [4.69, 9.17) is 0 Å². The fraction of sp³-hybridized carbons (Fsp3) is 0.150. The number of hydrogen-bond acceptors (Lipinski definition) is 4. The van der Waals surface area contributed by atoms with Crippen LogP contribution in [0, 0.1) is 0 Å². The van der Waals surface area contributed by atoms with Crippen molar-refractivity contribution in [2.45, 2.75) is 17.6 Å². The highest BCUT2D eigenvalue weighted by Crippen LogP contribution is 2.29. The minimum Gasteiger partial charge on any atom is -0.477 e. The second-order valence-corrected chi connectivity index (χ2v) is 7.92. The number of halogens is 3. The van der Waals surface area contributed by atoms with Crippen LogP contribution in [0.5, 0.6) is 0 Å². The van der Waals surface area contributed by atoms with Crippen molar-refractivity contribution in [1.29, 1.82) is 0 Å². The smallest absolute Gasteiger partial charge is 0.416 e. The lowest BCUT2D eigenvalue weighted by atomic mass is 10.1. The molecule has 1 heterocycles. The molecule has 1 atom stereocenters. The molecule has 0 aliphatic rings. The Labute approximate surface area is 175 Å². The fourth-order valence-corrected chi connectivity index (χ4v) is 3.42. The van der Waals surface area contributed by atoms with E-state index in [9.17, 15) is 36.9 Å². The summed E-state index contributed by atoms with van der Waals surface area (Å²) in [4.78, 5) is 37.5. The van der Waals surface area contributed by atoms with Crippen LogP contribution >= 0.6 is 0 Å². The number of aromatic nitrogens is 2. The molecule has 0 fully saturated rings. The van der Waals surface area contributed by atoms with Crippen LogP contribution in [0.2, 0.25) is 0 Å². The lowest BCUT2D eigenvalue weighted by molar-refractivity contribution is -0.137. The first kappa shape index (κ1) is 22.2. The molecule has 1 N–H and O–H groups in total. The van der Waals surface area contributed by atoms with E-state index >= 15 is 0 Å². The Hall–Kier alpha value is -3.47. The van der Waals surface area contributed by atoms with Gasteiger partial charge in [-0.25, -0.2) is 9.59 Å². The van der Waals surface area contributed by atoms with Crippen molar-refractivity contribution in [1.82, 2.24) is 9.13 Å². The Morgan fingerprint density at radius 2 is 1.74 bits per heavy atom.